The van der Waals surface area contributed by atoms with Crippen molar-refractivity contribution in [3.63, 3.8) is 0 Å². The summed E-state index contributed by atoms with van der Waals surface area (Å²) >= 11 is 0. The molecule has 1 aromatic carbocycles. The summed E-state index contributed by atoms with van der Waals surface area (Å²) in [7, 11) is 0. The summed E-state index contributed by atoms with van der Waals surface area (Å²) < 4.78 is 12.7. The largest absolute Gasteiger partial charge is 0.352 e. The smallest absolute Gasteiger partial charge is 0.252 e. The first-order valence-electron chi connectivity index (χ1n) is 5.20. The van der Waals surface area contributed by atoms with Gasteiger partial charge in [0.2, 0.25) is 5.95 Å². The lowest BCUT2D eigenvalue weighted by atomic mass is 10.2. The SMILES string of the molecule is Cc1cc(=O)[nH]c(NCc2ccc(F)cc2)n1. The molecule has 88 valence electrons. The van der Waals surface area contributed by atoms with Gasteiger partial charge in [-0.1, -0.05) is 12.1 Å². The molecule has 17 heavy (non-hydrogen) atoms. The summed E-state index contributed by atoms with van der Waals surface area (Å²) in [6.07, 6.45) is 0. The molecule has 2 N–H and O–H groups in total. The number of aromatic nitrogens is 2. The van der Waals surface area contributed by atoms with E-state index in [1.165, 1.54) is 18.2 Å². The maximum absolute atomic E-state index is 12.7. The van der Waals surface area contributed by atoms with Crippen molar-refractivity contribution in [1.29, 1.82) is 0 Å². The Morgan fingerprint density at radius 2 is 2.06 bits per heavy atom. The minimum Gasteiger partial charge on any atom is -0.352 e. The molecule has 0 amide bonds. The van der Waals surface area contributed by atoms with Gasteiger partial charge in [0.15, 0.2) is 0 Å². The third kappa shape index (κ3) is 3.14. The summed E-state index contributed by atoms with van der Waals surface area (Å²) in [4.78, 5) is 17.9. The molecule has 0 spiro atoms. The summed E-state index contributed by atoms with van der Waals surface area (Å²) in [5, 5.41) is 2.97. The maximum Gasteiger partial charge on any atom is 0.252 e. The molecule has 0 bridgehead atoms. The van der Waals surface area contributed by atoms with Gasteiger partial charge in [-0.3, -0.25) is 9.78 Å². The number of hydrogen-bond acceptors (Lipinski definition) is 3. The number of rotatable bonds is 3. The monoisotopic (exact) mass is 233 g/mol. The van der Waals surface area contributed by atoms with Crippen molar-refractivity contribution in [2.45, 2.75) is 13.5 Å². The van der Waals surface area contributed by atoms with Crippen LogP contribution in [0.5, 0.6) is 0 Å². The van der Waals surface area contributed by atoms with Crippen LogP contribution in [-0.2, 0) is 6.54 Å². The zero-order valence-electron chi connectivity index (χ0n) is 9.33. The number of aryl methyl sites for hydroxylation is 1. The van der Waals surface area contributed by atoms with E-state index in [2.05, 4.69) is 15.3 Å². The lowest BCUT2D eigenvalue weighted by Crippen LogP contribution is -2.12. The number of nitrogens with one attached hydrogen (secondary N) is 2. The Morgan fingerprint density at radius 3 is 2.71 bits per heavy atom. The zero-order chi connectivity index (χ0) is 12.3. The molecule has 1 aromatic heterocycles. The van der Waals surface area contributed by atoms with Crippen LogP contribution in [0.1, 0.15) is 11.3 Å². The van der Waals surface area contributed by atoms with E-state index in [1.54, 1.807) is 19.1 Å². The standard InChI is InChI=1S/C12H12FN3O/c1-8-6-11(17)16-12(15-8)14-7-9-2-4-10(13)5-3-9/h2-6H,7H2,1H3,(H2,14,15,16,17). The van der Waals surface area contributed by atoms with Crippen molar-refractivity contribution in [3.8, 4) is 0 Å². The fourth-order valence-electron chi connectivity index (χ4n) is 1.45. The predicted octanol–water partition coefficient (Wildman–Crippen LogP) is 1.83. The average molecular weight is 233 g/mol. The van der Waals surface area contributed by atoms with Gasteiger partial charge < -0.3 is 5.32 Å². The van der Waals surface area contributed by atoms with Gasteiger partial charge in [0.1, 0.15) is 5.82 Å². The molecular formula is C12H12FN3O. The summed E-state index contributed by atoms with van der Waals surface area (Å²) in [6, 6.07) is 7.56. The first kappa shape index (κ1) is 11.3. The Kier molecular flexibility index (Phi) is 3.18. The third-order valence-electron chi connectivity index (χ3n) is 2.24. The Morgan fingerprint density at radius 1 is 1.35 bits per heavy atom. The Bertz CT molecular complexity index is 563. The van der Waals surface area contributed by atoms with E-state index < -0.39 is 0 Å². The highest BCUT2D eigenvalue weighted by Crippen LogP contribution is 2.05. The van der Waals surface area contributed by atoms with E-state index >= 15 is 0 Å². The molecule has 0 atom stereocenters. The van der Waals surface area contributed by atoms with Crippen LogP contribution in [0.3, 0.4) is 0 Å². The second-order valence-corrected chi connectivity index (χ2v) is 3.72. The predicted molar refractivity (Wildman–Crippen MR) is 63.3 cm³/mol. The van der Waals surface area contributed by atoms with Crippen LogP contribution >= 0.6 is 0 Å². The number of aromatic amines is 1. The second-order valence-electron chi connectivity index (χ2n) is 3.72. The molecule has 5 heteroatoms. The molecule has 0 fully saturated rings. The van der Waals surface area contributed by atoms with Crippen molar-refractivity contribution < 1.29 is 4.39 Å². The number of H-pyrrole nitrogens is 1. The molecule has 4 nitrogen and oxygen atoms in total. The number of anilines is 1. The highest BCUT2D eigenvalue weighted by atomic mass is 19.1. The van der Waals surface area contributed by atoms with E-state index in [4.69, 9.17) is 0 Å². The molecule has 0 aliphatic heterocycles. The van der Waals surface area contributed by atoms with Gasteiger partial charge in [-0.15, -0.1) is 0 Å². The van der Waals surface area contributed by atoms with Crippen molar-refractivity contribution in [2.24, 2.45) is 0 Å². The van der Waals surface area contributed by atoms with Gasteiger partial charge in [0.25, 0.3) is 5.56 Å². The molecule has 2 rings (SSSR count). The van der Waals surface area contributed by atoms with Gasteiger partial charge in [0, 0.05) is 18.3 Å². The second kappa shape index (κ2) is 4.78. The van der Waals surface area contributed by atoms with E-state index in [0.29, 0.717) is 18.2 Å². The lowest BCUT2D eigenvalue weighted by molar-refractivity contribution is 0.627. The van der Waals surface area contributed by atoms with Crippen LogP contribution < -0.4 is 10.9 Å². The van der Waals surface area contributed by atoms with Crippen molar-refractivity contribution in [3.05, 3.63) is 57.8 Å². The molecule has 0 aliphatic carbocycles. The summed E-state index contributed by atoms with van der Waals surface area (Å²) in [5.74, 6) is 0.148. The molecule has 0 aliphatic rings. The number of halogens is 1. The third-order valence-corrected chi connectivity index (χ3v) is 2.24. The van der Waals surface area contributed by atoms with Crippen molar-refractivity contribution in [2.75, 3.05) is 5.32 Å². The maximum atomic E-state index is 12.7. The first-order chi connectivity index (χ1) is 8.13. The van der Waals surface area contributed by atoms with E-state index in [0.717, 1.165) is 5.56 Å². The fourth-order valence-corrected chi connectivity index (χ4v) is 1.45. The quantitative estimate of drug-likeness (QED) is 0.850. The lowest BCUT2D eigenvalue weighted by Gasteiger charge is -2.05. The number of hydrogen-bond donors (Lipinski definition) is 2. The van der Waals surface area contributed by atoms with E-state index in [9.17, 15) is 9.18 Å². The average Bonchev–Trinajstić information content (AvgIpc) is 2.27. The fraction of sp³-hybridized carbons (Fsp3) is 0.167. The van der Waals surface area contributed by atoms with Gasteiger partial charge in [-0.05, 0) is 24.6 Å². The molecule has 0 saturated heterocycles. The molecule has 0 radical (unpaired) electrons. The van der Waals surface area contributed by atoms with Crippen LogP contribution in [0.15, 0.2) is 35.1 Å². The minimum absolute atomic E-state index is 0.195. The molecule has 2 aromatic rings. The van der Waals surface area contributed by atoms with Crippen LogP contribution in [-0.4, -0.2) is 9.97 Å². The van der Waals surface area contributed by atoms with Gasteiger partial charge in [0.05, 0.1) is 0 Å². The number of benzene rings is 1. The van der Waals surface area contributed by atoms with Crippen molar-refractivity contribution in [1.82, 2.24) is 9.97 Å². The first-order valence-corrected chi connectivity index (χ1v) is 5.20. The minimum atomic E-state index is -0.268. The Balaban J connectivity index is 2.07. The van der Waals surface area contributed by atoms with Crippen LogP contribution in [0, 0.1) is 12.7 Å². The molecule has 1 heterocycles. The van der Waals surface area contributed by atoms with Gasteiger partial charge >= 0.3 is 0 Å². The molecular weight excluding hydrogens is 221 g/mol. The number of nitrogens with zero attached hydrogens (tertiary/aromatic N) is 1. The summed E-state index contributed by atoms with van der Waals surface area (Å²) in [6.45, 7) is 2.23. The van der Waals surface area contributed by atoms with Crippen molar-refractivity contribution >= 4 is 5.95 Å². The van der Waals surface area contributed by atoms with Gasteiger partial charge in [-0.25, -0.2) is 9.37 Å². The van der Waals surface area contributed by atoms with Crippen LogP contribution in [0.4, 0.5) is 10.3 Å². The van der Waals surface area contributed by atoms with Crippen LogP contribution in [0.25, 0.3) is 0 Å². The normalized spacial score (nSPS) is 10.2. The van der Waals surface area contributed by atoms with E-state index in [-0.39, 0.29) is 11.4 Å². The topological polar surface area (TPSA) is 57.8 Å². The van der Waals surface area contributed by atoms with E-state index in [1.807, 2.05) is 0 Å². The van der Waals surface area contributed by atoms with Gasteiger partial charge in [-0.2, -0.15) is 0 Å². The highest BCUT2D eigenvalue weighted by molar-refractivity contribution is 5.28. The molecule has 0 saturated carbocycles. The Labute approximate surface area is 97.5 Å². The Hall–Kier alpha value is -2.17. The zero-order valence-corrected chi connectivity index (χ0v) is 9.33. The summed E-state index contributed by atoms with van der Waals surface area (Å²) in [5.41, 5.74) is 1.37. The highest BCUT2D eigenvalue weighted by Gasteiger charge is 1.98. The molecule has 0 unspecified atom stereocenters. The van der Waals surface area contributed by atoms with Crippen LogP contribution in [0.2, 0.25) is 0 Å².